The Morgan fingerprint density at radius 3 is 2.10 bits per heavy atom. The van der Waals surface area contributed by atoms with Crippen molar-refractivity contribution in [3.05, 3.63) is 71.8 Å². The third-order valence-electron chi connectivity index (χ3n) is 4.68. The standard InChI is InChI=1S/C23H31N3O4/c1-16(2)14-25-22(28)21(18-11-7-4-8-12-18)24-15-20(27)19(26-23(29)30)13-17-9-5-3-6-10-17/h3-12,16,19-21,24,26-27H,13-15H2,1-2H3,(H,25,28)(H,29,30)/t19-,20-,21-/m0/s1. The SMILES string of the molecule is CC(C)CNC(=O)[C@@H](NC[C@H](O)[C@H](Cc1ccccc1)NC(=O)O)c1ccccc1. The summed E-state index contributed by atoms with van der Waals surface area (Å²) in [5.74, 6) is 0.124. The van der Waals surface area contributed by atoms with Gasteiger partial charge < -0.3 is 20.8 Å². The lowest BCUT2D eigenvalue weighted by molar-refractivity contribution is -0.123. The number of amides is 2. The summed E-state index contributed by atoms with van der Waals surface area (Å²) < 4.78 is 0. The van der Waals surface area contributed by atoms with Crippen LogP contribution in [0.15, 0.2) is 60.7 Å². The number of carbonyl (C=O) groups is 2. The Hall–Kier alpha value is -2.90. The van der Waals surface area contributed by atoms with Gasteiger partial charge in [0.1, 0.15) is 6.04 Å². The van der Waals surface area contributed by atoms with E-state index in [0.29, 0.717) is 18.9 Å². The van der Waals surface area contributed by atoms with Crippen molar-refractivity contribution in [1.82, 2.24) is 16.0 Å². The monoisotopic (exact) mass is 413 g/mol. The highest BCUT2D eigenvalue weighted by molar-refractivity contribution is 5.83. The summed E-state index contributed by atoms with van der Waals surface area (Å²) in [6, 6.07) is 17.2. The molecule has 0 saturated carbocycles. The first-order valence-corrected chi connectivity index (χ1v) is 10.1. The Balaban J connectivity index is 2.08. The van der Waals surface area contributed by atoms with E-state index in [0.717, 1.165) is 11.1 Å². The molecule has 0 heterocycles. The van der Waals surface area contributed by atoms with Crippen molar-refractivity contribution < 1.29 is 19.8 Å². The van der Waals surface area contributed by atoms with E-state index < -0.39 is 24.3 Å². The van der Waals surface area contributed by atoms with Crippen LogP contribution in [0.25, 0.3) is 0 Å². The second-order valence-electron chi connectivity index (χ2n) is 7.70. The zero-order valence-corrected chi connectivity index (χ0v) is 17.4. The molecule has 5 N–H and O–H groups in total. The first-order valence-electron chi connectivity index (χ1n) is 10.1. The second kappa shape index (κ2) is 11.9. The molecule has 0 aliphatic rings. The molecule has 2 aromatic carbocycles. The summed E-state index contributed by atoms with van der Waals surface area (Å²) in [4.78, 5) is 23.9. The van der Waals surface area contributed by atoms with Gasteiger partial charge in [-0.2, -0.15) is 0 Å². The molecule has 0 aliphatic heterocycles. The van der Waals surface area contributed by atoms with Crippen LogP contribution < -0.4 is 16.0 Å². The molecule has 7 nitrogen and oxygen atoms in total. The van der Waals surface area contributed by atoms with Gasteiger partial charge in [-0.3, -0.25) is 10.1 Å². The predicted molar refractivity (Wildman–Crippen MR) is 116 cm³/mol. The summed E-state index contributed by atoms with van der Waals surface area (Å²) >= 11 is 0. The Bertz CT molecular complexity index is 784. The van der Waals surface area contributed by atoms with Crippen molar-refractivity contribution >= 4 is 12.0 Å². The topological polar surface area (TPSA) is 111 Å². The van der Waals surface area contributed by atoms with Gasteiger partial charge in [0.05, 0.1) is 12.1 Å². The van der Waals surface area contributed by atoms with Crippen LogP contribution in [0.5, 0.6) is 0 Å². The van der Waals surface area contributed by atoms with Crippen molar-refractivity contribution in [3.63, 3.8) is 0 Å². The van der Waals surface area contributed by atoms with Gasteiger partial charge in [0.15, 0.2) is 0 Å². The van der Waals surface area contributed by atoms with E-state index in [1.807, 2.05) is 74.5 Å². The molecule has 0 aromatic heterocycles. The van der Waals surface area contributed by atoms with E-state index in [1.165, 1.54) is 0 Å². The Kier molecular flexibility index (Phi) is 9.31. The number of rotatable bonds is 11. The molecule has 0 aliphatic carbocycles. The minimum Gasteiger partial charge on any atom is -0.465 e. The van der Waals surface area contributed by atoms with Crippen LogP contribution in [0, 0.1) is 5.92 Å². The molecule has 0 saturated heterocycles. The molecule has 3 atom stereocenters. The Morgan fingerprint density at radius 2 is 1.53 bits per heavy atom. The number of benzene rings is 2. The fourth-order valence-electron chi connectivity index (χ4n) is 3.10. The summed E-state index contributed by atoms with van der Waals surface area (Å²) in [6.07, 6.45) is -1.89. The van der Waals surface area contributed by atoms with E-state index in [2.05, 4.69) is 16.0 Å². The van der Waals surface area contributed by atoms with E-state index in [1.54, 1.807) is 0 Å². The highest BCUT2D eigenvalue weighted by Crippen LogP contribution is 2.14. The molecule has 0 spiro atoms. The first kappa shape index (κ1) is 23.4. The van der Waals surface area contributed by atoms with Gasteiger partial charge in [-0.05, 0) is 23.5 Å². The van der Waals surface area contributed by atoms with E-state index >= 15 is 0 Å². The average molecular weight is 414 g/mol. The third kappa shape index (κ3) is 7.85. The van der Waals surface area contributed by atoms with Crippen molar-refractivity contribution in [2.45, 2.75) is 38.5 Å². The molecule has 0 radical (unpaired) electrons. The Labute approximate surface area is 177 Å². The number of carbonyl (C=O) groups excluding carboxylic acids is 1. The summed E-state index contributed by atoms with van der Waals surface area (Å²) in [7, 11) is 0. The molecule has 0 bridgehead atoms. The van der Waals surface area contributed by atoms with E-state index in [-0.39, 0.29) is 12.5 Å². The normalized spacial score (nSPS) is 14.0. The Morgan fingerprint density at radius 1 is 0.933 bits per heavy atom. The summed E-state index contributed by atoms with van der Waals surface area (Å²) in [5, 5.41) is 28.3. The lowest BCUT2D eigenvalue weighted by Gasteiger charge is -2.26. The van der Waals surface area contributed by atoms with Crippen LogP contribution in [-0.4, -0.2) is 47.4 Å². The van der Waals surface area contributed by atoms with Gasteiger partial charge >= 0.3 is 6.09 Å². The van der Waals surface area contributed by atoms with E-state index in [9.17, 15) is 14.7 Å². The van der Waals surface area contributed by atoms with Crippen LogP contribution in [0.2, 0.25) is 0 Å². The maximum absolute atomic E-state index is 12.7. The van der Waals surface area contributed by atoms with Crippen molar-refractivity contribution in [1.29, 1.82) is 0 Å². The zero-order chi connectivity index (χ0) is 21.9. The largest absolute Gasteiger partial charge is 0.465 e. The molecule has 30 heavy (non-hydrogen) atoms. The molecule has 2 rings (SSSR count). The van der Waals surface area contributed by atoms with Crippen LogP contribution in [-0.2, 0) is 11.2 Å². The van der Waals surface area contributed by atoms with Crippen LogP contribution in [0.4, 0.5) is 4.79 Å². The number of carboxylic acid groups (broad SMARTS) is 1. The maximum Gasteiger partial charge on any atom is 0.404 e. The molecular weight excluding hydrogens is 382 g/mol. The maximum atomic E-state index is 12.7. The van der Waals surface area contributed by atoms with Gasteiger partial charge in [0.2, 0.25) is 5.91 Å². The molecule has 0 unspecified atom stereocenters. The fraction of sp³-hybridized carbons (Fsp3) is 0.391. The van der Waals surface area contributed by atoms with Crippen LogP contribution in [0.3, 0.4) is 0 Å². The molecule has 2 aromatic rings. The number of hydrogen-bond acceptors (Lipinski definition) is 4. The van der Waals surface area contributed by atoms with Crippen LogP contribution in [0.1, 0.15) is 31.0 Å². The lowest BCUT2D eigenvalue weighted by atomic mass is 10.00. The minimum absolute atomic E-state index is 0.0481. The van der Waals surface area contributed by atoms with Crippen LogP contribution >= 0.6 is 0 Å². The highest BCUT2D eigenvalue weighted by Gasteiger charge is 2.25. The van der Waals surface area contributed by atoms with Gasteiger partial charge in [-0.25, -0.2) is 4.79 Å². The number of aliphatic hydroxyl groups excluding tert-OH is 1. The highest BCUT2D eigenvalue weighted by atomic mass is 16.4. The quantitative estimate of drug-likeness (QED) is 0.388. The van der Waals surface area contributed by atoms with Gasteiger partial charge in [0, 0.05) is 13.1 Å². The molecule has 2 amide bonds. The van der Waals surface area contributed by atoms with Gasteiger partial charge in [-0.15, -0.1) is 0 Å². The summed E-state index contributed by atoms with van der Waals surface area (Å²) in [5.41, 5.74) is 1.68. The molecule has 7 heteroatoms. The smallest absolute Gasteiger partial charge is 0.404 e. The van der Waals surface area contributed by atoms with E-state index in [4.69, 9.17) is 5.11 Å². The van der Waals surface area contributed by atoms with Crippen molar-refractivity contribution in [2.75, 3.05) is 13.1 Å². The average Bonchev–Trinajstić information content (AvgIpc) is 2.73. The van der Waals surface area contributed by atoms with Crippen molar-refractivity contribution in [3.8, 4) is 0 Å². The minimum atomic E-state index is -1.20. The third-order valence-corrected chi connectivity index (χ3v) is 4.68. The lowest BCUT2D eigenvalue weighted by Crippen LogP contribution is -2.50. The molecule has 0 fully saturated rings. The van der Waals surface area contributed by atoms with Crippen molar-refractivity contribution in [2.24, 2.45) is 5.92 Å². The first-order chi connectivity index (χ1) is 14.4. The zero-order valence-electron chi connectivity index (χ0n) is 17.4. The number of hydrogen-bond donors (Lipinski definition) is 5. The predicted octanol–water partition coefficient (Wildman–Crippen LogP) is 2.33. The fourth-order valence-corrected chi connectivity index (χ4v) is 3.10. The number of aliphatic hydroxyl groups is 1. The molecule has 162 valence electrons. The van der Waals surface area contributed by atoms with Gasteiger partial charge in [-0.1, -0.05) is 74.5 Å². The summed E-state index contributed by atoms with van der Waals surface area (Å²) in [6.45, 7) is 4.62. The second-order valence-corrected chi connectivity index (χ2v) is 7.70. The molecular formula is C23H31N3O4. The van der Waals surface area contributed by atoms with Gasteiger partial charge in [0.25, 0.3) is 0 Å². The number of nitrogens with one attached hydrogen (secondary N) is 3.